The topological polar surface area (TPSA) is 46.6 Å². The highest BCUT2D eigenvalue weighted by Crippen LogP contribution is 2.28. The quantitative estimate of drug-likeness (QED) is 0.478. The predicted molar refractivity (Wildman–Crippen MR) is 124 cm³/mol. The van der Waals surface area contributed by atoms with Crippen molar-refractivity contribution in [3.05, 3.63) is 29.1 Å². The van der Waals surface area contributed by atoms with Crippen molar-refractivity contribution in [1.29, 1.82) is 0 Å². The van der Waals surface area contributed by atoms with Gasteiger partial charge < -0.3 is 9.64 Å². The Morgan fingerprint density at radius 2 is 1.60 bits per heavy atom. The van der Waals surface area contributed by atoms with Crippen molar-refractivity contribution in [2.75, 3.05) is 23.7 Å². The normalized spacial score (nSPS) is 20.6. The van der Waals surface area contributed by atoms with Gasteiger partial charge in [-0.1, -0.05) is 25.3 Å². The number of aryl methyl sites for hydroxylation is 1. The van der Waals surface area contributed by atoms with E-state index in [-0.39, 0.29) is 23.8 Å². The monoisotopic (exact) mass is 441 g/mol. The minimum absolute atomic E-state index is 0.0874. The molecular formula is C24H40FNO3S. The number of nitrogens with zero attached hydrogens (tertiary/aromatic N) is 1. The van der Waals surface area contributed by atoms with Crippen molar-refractivity contribution < 1.29 is 17.5 Å². The van der Waals surface area contributed by atoms with Crippen LogP contribution in [-0.4, -0.2) is 44.2 Å². The molecule has 0 unspecified atom stereocenters. The maximum atomic E-state index is 15.0. The van der Waals surface area contributed by atoms with Gasteiger partial charge in [0, 0.05) is 24.3 Å². The van der Waals surface area contributed by atoms with Crippen LogP contribution in [0.5, 0.6) is 0 Å². The minimum Gasteiger partial charge on any atom is -0.372 e. The summed E-state index contributed by atoms with van der Waals surface area (Å²) in [6.07, 6.45) is 5.54. The summed E-state index contributed by atoms with van der Waals surface area (Å²) in [5, 5.41) is 0. The maximum Gasteiger partial charge on any atom is 0.155 e. The molecule has 0 amide bonds. The Hall–Kier alpha value is -1.14. The van der Waals surface area contributed by atoms with Gasteiger partial charge in [0.25, 0.3) is 0 Å². The van der Waals surface area contributed by atoms with Crippen LogP contribution in [0.1, 0.15) is 77.8 Å². The lowest BCUT2D eigenvalue weighted by Crippen LogP contribution is -2.45. The lowest BCUT2D eigenvalue weighted by Gasteiger charge is -2.37. The molecule has 0 aliphatic carbocycles. The number of benzene rings is 1. The Kier molecular flexibility index (Phi) is 8.75. The first kappa shape index (κ1) is 25.1. The van der Waals surface area contributed by atoms with Crippen LogP contribution in [0.2, 0.25) is 0 Å². The molecule has 0 radical (unpaired) electrons. The van der Waals surface area contributed by atoms with E-state index >= 15 is 0 Å². The molecule has 1 aromatic rings. The standard InChI is InChI=1S/C24H40FNO3S/c1-18-16-26(17-19(2)29-18)22-14-13-21(23(25)20(22)3)12-10-8-7-9-11-15-30(27,28)24(4,5)6/h13-14,18-19H,7-12,15-17H2,1-6H3/t18-,19+. The van der Waals surface area contributed by atoms with E-state index in [1.807, 2.05) is 13.0 Å². The zero-order chi connectivity index (χ0) is 22.5. The van der Waals surface area contributed by atoms with Gasteiger partial charge in [-0.25, -0.2) is 12.8 Å². The van der Waals surface area contributed by atoms with E-state index < -0.39 is 14.6 Å². The number of halogens is 1. The fourth-order valence-electron chi connectivity index (χ4n) is 4.09. The van der Waals surface area contributed by atoms with E-state index in [1.54, 1.807) is 20.8 Å². The molecule has 0 spiro atoms. The molecule has 1 aromatic carbocycles. The van der Waals surface area contributed by atoms with E-state index in [4.69, 9.17) is 4.74 Å². The van der Waals surface area contributed by atoms with Crippen molar-refractivity contribution in [3.63, 3.8) is 0 Å². The van der Waals surface area contributed by atoms with Crippen LogP contribution in [0.3, 0.4) is 0 Å². The first-order valence-electron chi connectivity index (χ1n) is 11.3. The summed E-state index contributed by atoms with van der Waals surface area (Å²) in [7, 11) is -3.03. The summed E-state index contributed by atoms with van der Waals surface area (Å²) < 4.78 is 44.3. The lowest BCUT2D eigenvalue weighted by molar-refractivity contribution is -0.00526. The highest BCUT2D eigenvalue weighted by Gasteiger charge is 2.28. The van der Waals surface area contributed by atoms with Crippen molar-refractivity contribution in [3.8, 4) is 0 Å². The third-order valence-corrected chi connectivity index (χ3v) is 8.68. The van der Waals surface area contributed by atoms with Crippen molar-refractivity contribution in [1.82, 2.24) is 0 Å². The van der Waals surface area contributed by atoms with Gasteiger partial charge in [0.2, 0.25) is 0 Å². The van der Waals surface area contributed by atoms with Crippen LogP contribution in [0.4, 0.5) is 10.1 Å². The highest BCUT2D eigenvalue weighted by atomic mass is 32.2. The summed E-state index contributed by atoms with van der Waals surface area (Å²) in [6.45, 7) is 12.8. The van der Waals surface area contributed by atoms with Gasteiger partial charge in [0.1, 0.15) is 5.82 Å². The number of unbranched alkanes of at least 4 members (excludes halogenated alkanes) is 4. The minimum atomic E-state index is -3.03. The Bertz CT molecular complexity index is 791. The lowest BCUT2D eigenvalue weighted by atomic mass is 10.0. The fraction of sp³-hybridized carbons (Fsp3) is 0.750. The van der Waals surface area contributed by atoms with Crippen LogP contribution < -0.4 is 4.90 Å². The number of sulfone groups is 1. The molecule has 1 saturated heterocycles. The van der Waals surface area contributed by atoms with Gasteiger partial charge in [-0.05, 0) is 72.4 Å². The van der Waals surface area contributed by atoms with Crippen LogP contribution in [0.15, 0.2) is 12.1 Å². The van der Waals surface area contributed by atoms with Gasteiger partial charge in [0.15, 0.2) is 9.84 Å². The zero-order valence-corrected chi connectivity index (χ0v) is 20.4. The summed E-state index contributed by atoms with van der Waals surface area (Å²) in [6, 6.07) is 3.98. The zero-order valence-electron chi connectivity index (χ0n) is 19.6. The number of hydrogen-bond acceptors (Lipinski definition) is 4. The molecule has 0 N–H and O–H groups in total. The molecule has 6 heteroatoms. The molecule has 0 bridgehead atoms. The smallest absolute Gasteiger partial charge is 0.155 e. The third-order valence-electron chi connectivity index (χ3n) is 5.99. The van der Waals surface area contributed by atoms with Gasteiger partial charge >= 0.3 is 0 Å². The Morgan fingerprint density at radius 1 is 1.03 bits per heavy atom. The molecule has 0 aromatic heterocycles. The number of ether oxygens (including phenoxy) is 1. The maximum absolute atomic E-state index is 15.0. The van der Waals surface area contributed by atoms with Crippen LogP contribution >= 0.6 is 0 Å². The molecule has 1 aliphatic heterocycles. The largest absolute Gasteiger partial charge is 0.372 e. The van der Waals surface area contributed by atoms with Gasteiger partial charge in [-0.3, -0.25) is 0 Å². The molecule has 2 atom stereocenters. The van der Waals surface area contributed by atoms with Gasteiger partial charge in [0.05, 0.1) is 22.7 Å². The molecule has 1 heterocycles. The second kappa shape index (κ2) is 10.4. The number of anilines is 1. The van der Waals surface area contributed by atoms with Gasteiger partial charge in [-0.15, -0.1) is 0 Å². The number of morpholine rings is 1. The van der Waals surface area contributed by atoms with E-state index in [0.717, 1.165) is 62.0 Å². The first-order chi connectivity index (χ1) is 13.9. The first-order valence-corrected chi connectivity index (χ1v) is 13.0. The number of hydrogen-bond donors (Lipinski definition) is 0. The average molecular weight is 442 g/mol. The molecule has 172 valence electrons. The van der Waals surface area contributed by atoms with Crippen LogP contribution in [0.25, 0.3) is 0 Å². The van der Waals surface area contributed by atoms with E-state index in [9.17, 15) is 12.8 Å². The summed E-state index contributed by atoms with van der Waals surface area (Å²) in [4.78, 5) is 2.23. The molecular weight excluding hydrogens is 401 g/mol. The van der Waals surface area contributed by atoms with Crippen LogP contribution in [0, 0.1) is 12.7 Å². The van der Waals surface area contributed by atoms with Crippen molar-refractivity contribution in [2.24, 2.45) is 0 Å². The molecule has 0 saturated carbocycles. The van der Waals surface area contributed by atoms with Gasteiger partial charge in [-0.2, -0.15) is 0 Å². The second-order valence-corrected chi connectivity index (χ2v) is 12.7. The van der Waals surface area contributed by atoms with E-state index in [1.165, 1.54) is 0 Å². The summed E-state index contributed by atoms with van der Waals surface area (Å²) in [5.74, 6) is 0.167. The predicted octanol–water partition coefficient (Wildman–Crippen LogP) is 5.45. The molecule has 1 aliphatic rings. The van der Waals surface area contributed by atoms with Crippen molar-refractivity contribution in [2.45, 2.75) is 97.0 Å². The Labute approximate surface area is 183 Å². The molecule has 2 rings (SSSR count). The average Bonchev–Trinajstić information content (AvgIpc) is 2.62. The molecule has 30 heavy (non-hydrogen) atoms. The van der Waals surface area contributed by atoms with Crippen LogP contribution in [-0.2, 0) is 21.0 Å². The molecule has 4 nitrogen and oxygen atoms in total. The number of rotatable bonds is 9. The van der Waals surface area contributed by atoms with E-state index in [2.05, 4.69) is 24.8 Å². The SMILES string of the molecule is Cc1c(N2C[C@@H](C)O[C@@H](C)C2)ccc(CCCCCCCS(=O)(=O)C(C)(C)C)c1F. The summed E-state index contributed by atoms with van der Waals surface area (Å²) in [5.41, 5.74) is 2.47. The van der Waals surface area contributed by atoms with E-state index in [0.29, 0.717) is 6.42 Å². The molecule has 1 fully saturated rings. The second-order valence-electron chi connectivity index (χ2n) is 9.79. The Morgan fingerprint density at radius 3 is 2.20 bits per heavy atom. The van der Waals surface area contributed by atoms with Crippen molar-refractivity contribution >= 4 is 15.5 Å². The fourth-order valence-corrected chi connectivity index (χ4v) is 5.28. The summed E-state index contributed by atoms with van der Waals surface area (Å²) >= 11 is 0. The Balaban J connectivity index is 1.79. The highest BCUT2D eigenvalue weighted by molar-refractivity contribution is 7.92. The third kappa shape index (κ3) is 6.68.